The molecule has 2 heterocycles. The van der Waals surface area contributed by atoms with Gasteiger partial charge in [-0.3, -0.25) is 4.90 Å². The van der Waals surface area contributed by atoms with Gasteiger partial charge in [0.1, 0.15) is 11.1 Å². The van der Waals surface area contributed by atoms with Gasteiger partial charge in [0.05, 0.1) is 12.3 Å². The number of rotatable bonds is 5. The fourth-order valence-corrected chi connectivity index (χ4v) is 2.73. The van der Waals surface area contributed by atoms with E-state index in [1.807, 2.05) is 7.05 Å². The van der Waals surface area contributed by atoms with Crippen molar-refractivity contribution in [1.29, 1.82) is 0 Å². The van der Waals surface area contributed by atoms with Gasteiger partial charge in [-0.1, -0.05) is 0 Å². The molecular formula is C11H18N2O2S. The zero-order chi connectivity index (χ0) is 11.4. The van der Waals surface area contributed by atoms with Crippen molar-refractivity contribution in [2.45, 2.75) is 25.5 Å². The highest BCUT2D eigenvalue weighted by Crippen LogP contribution is 2.30. The molecule has 16 heavy (non-hydrogen) atoms. The number of hydrogen-bond donors (Lipinski definition) is 1. The number of nitrogens with zero attached hydrogens (tertiary/aromatic N) is 2. The molecule has 1 atom stereocenters. The minimum Gasteiger partial charge on any atom is -0.395 e. The quantitative estimate of drug-likeness (QED) is 0.848. The molecule has 5 heteroatoms. The van der Waals surface area contributed by atoms with Gasteiger partial charge in [0.25, 0.3) is 0 Å². The van der Waals surface area contributed by atoms with Crippen LogP contribution in [0.5, 0.6) is 0 Å². The zero-order valence-electron chi connectivity index (χ0n) is 9.56. The molecule has 1 saturated heterocycles. The number of aliphatic hydroxyl groups excluding tert-OH is 1. The lowest BCUT2D eigenvalue weighted by Crippen LogP contribution is -2.21. The number of hydrogen-bond acceptors (Lipinski definition) is 5. The van der Waals surface area contributed by atoms with Gasteiger partial charge < -0.3 is 9.84 Å². The molecule has 4 nitrogen and oxygen atoms in total. The largest absolute Gasteiger partial charge is 0.395 e. The van der Waals surface area contributed by atoms with Crippen LogP contribution in [0.3, 0.4) is 0 Å². The van der Waals surface area contributed by atoms with Crippen LogP contribution in [0.25, 0.3) is 0 Å². The van der Waals surface area contributed by atoms with Crippen LogP contribution in [0.1, 0.15) is 29.6 Å². The Morgan fingerprint density at radius 1 is 1.69 bits per heavy atom. The smallest absolute Gasteiger partial charge is 0.122 e. The highest BCUT2D eigenvalue weighted by molar-refractivity contribution is 7.09. The molecule has 0 aromatic carbocycles. The molecule has 2 rings (SSSR count). The fourth-order valence-electron chi connectivity index (χ4n) is 1.84. The first-order chi connectivity index (χ1) is 7.79. The minimum atomic E-state index is 0.194. The van der Waals surface area contributed by atoms with E-state index in [0.29, 0.717) is 6.54 Å². The van der Waals surface area contributed by atoms with Gasteiger partial charge in [0.15, 0.2) is 0 Å². The minimum absolute atomic E-state index is 0.194. The van der Waals surface area contributed by atoms with Crippen LogP contribution in [0.15, 0.2) is 5.38 Å². The normalized spacial score (nSPS) is 20.8. The van der Waals surface area contributed by atoms with E-state index in [1.54, 1.807) is 11.3 Å². The van der Waals surface area contributed by atoms with Crippen molar-refractivity contribution in [3.8, 4) is 0 Å². The van der Waals surface area contributed by atoms with Crippen molar-refractivity contribution in [3.05, 3.63) is 16.1 Å². The highest BCUT2D eigenvalue weighted by Gasteiger charge is 2.20. The first kappa shape index (κ1) is 12.0. The van der Waals surface area contributed by atoms with E-state index in [4.69, 9.17) is 9.84 Å². The molecule has 0 radical (unpaired) electrons. The molecular weight excluding hydrogens is 224 g/mol. The number of ether oxygens (including phenoxy) is 1. The fraction of sp³-hybridized carbons (Fsp3) is 0.727. The Labute approximate surface area is 99.9 Å². The first-order valence-electron chi connectivity index (χ1n) is 5.65. The van der Waals surface area contributed by atoms with Crippen LogP contribution in [0.2, 0.25) is 0 Å². The van der Waals surface area contributed by atoms with E-state index < -0.39 is 0 Å². The maximum Gasteiger partial charge on any atom is 0.122 e. The second-order valence-corrected chi connectivity index (χ2v) is 5.03. The predicted octanol–water partition coefficient (Wildman–Crippen LogP) is 1.42. The van der Waals surface area contributed by atoms with Gasteiger partial charge in [-0.15, -0.1) is 11.3 Å². The molecule has 0 saturated carbocycles. The van der Waals surface area contributed by atoms with Crippen molar-refractivity contribution in [2.24, 2.45) is 0 Å². The molecule has 1 N–H and O–H groups in total. The van der Waals surface area contributed by atoms with Gasteiger partial charge in [-0.25, -0.2) is 4.98 Å². The lowest BCUT2D eigenvalue weighted by Gasteiger charge is -2.12. The Balaban J connectivity index is 1.91. The van der Waals surface area contributed by atoms with Crippen molar-refractivity contribution in [2.75, 3.05) is 26.8 Å². The van der Waals surface area contributed by atoms with Crippen molar-refractivity contribution < 1.29 is 9.84 Å². The summed E-state index contributed by atoms with van der Waals surface area (Å²) in [7, 11) is 1.99. The third-order valence-corrected chi connectivity index (χ3v) is 3.67. The highest BCUT2D eigenvalue weighted by atomic mass is 32.1. The van der Waals surface area contributed by atoms with E-state index >= 15 is 0 Å². The maximum atomic E-state index is 8.81. The molecule has 1 aliphatic rings. The standard InChI is InChI=1S/C11H18N2O2S/c1-13(4-5-14)7-9-8-16-11(12-9)10-3-2-6-15-10/h8,10,14H,2-7H2,1H3. The molecule has 1 aromatic heterocycles. The molecule has 0 spiro atoms. The lowest BCUT2D eigenvalue weighted by molar-refractivity contribution is 0.111. The number of aliphatic hydroxyl groups is 1. The van der Waals surface area contributed by atoms with Crippen molar-refractivity contribution in [1.82, 2.24) is 9.88 Å². The number of thiazole rings is 1. The topological polar surface area (TPSA) is 45.6 Å². The number of likely N-dealkylation sites (N-methyl/N-ethyl adjacent to an activating group) is 1. The van der Waals surface area contributed by atoms with Crippen LogP contribution in [0.4, 0.5) is 0 Å². The number of aromatic nitrogens is 1. The van der Waals surface area contributed by atoms with Crippen molar-refractivity contribution >= 4 is 11.3 Å². The van der Waals surface area contributed by atoms with Crippen LogP contribution in [-0.2, 0) is 11.3 Å². The van der Waals surface area contributed by atoms with E-state index in [9.17, 15) is 0 Å². The molecule has 90 valence electrons. The molecule has 1 aliphatic heterocycles. The van der Waals surface area contributed by atoms with E-state index in [2.05, 4.69) is 15.3 Å². The average molecular weight is 242 g/mol. The summed E-state index contributed by atoms with van der Waals surface area (Å²) in [5.41, 5.74) is 1.08. The Hall–Kier alpha value is -0.490. The molecule has 1 fully saturated rings. The van der Waals surface area contributed by atoms with E-state index in [0.717, 1.165) is 36.7 Å². The maximum absolute atomic E-state index is 8.81. The Morgan fingerprint density at radius 2 is 2.56 bits per heavy atom. The van der Waals surface area contributed by atoms with Crippen molar-refractivity contribution in [3.63, 3.8) is 0 Å². The average Bonchev–Trinajstić information content (AvgIpc) is 2.86. The second-order valence-electron chi connectivity index (χ2n) is 4.14. The summed E-state index contributed by atoms with van der Waals surface area (Å²) in [5, 5.41) is 12.0. The summed E-state index contributed by atoms with van der Waals surface area (Å²) in [4.78, 5) is 6.65. The second kappa shape index (κ2) is 5.72. The van der Waals surface area contributed by atoms with Gasteiger partial charge in [-0.05, 0) is 19.9 Å². The SMILES string of the molecule is CN(CCO)Cc1csc(C2CCCO2)n1. The summed E-state index contributed by atoms with van der Waals surface area (Å²) < 4.78 is 5.60. The van der Waals surface area contributed by atoms with E-state index in [-0.39, 0.29) is 12.7 Å². The van der Waals surface area contributed by atoms with Crippen LogP contribution < -0.4 is 0 Å². The van der Waals surface area contributed by atoms with Crippen LogP contribution in [0, 0.1) is 0 Å². The third kappa shape index (κ3) is 3.01. The van der Waals surface area contributed by atoms with E-state index in [1.165, 1.54) is 0 Å². The monoisotopic (exact) mass is 242 g/mol. The molecule has 1 aromatic rings. The Bertz CT molecular complexity index is 324. The molecule has 0 aliphatic carbocycles. The van der Waals surface area contributed by atoms with Gasteiger partial charge in [-0.2, -0.15) is 0 Å². The summed E-state index contributed by atoms with van der Waals surface area (Å²) in [6.07, 6.45) is 2.46. The molecule has 0 amide bonds. The molecule has 0 bridgehead atoms. The Kier molecular flexibility index (Phi) is 4.29. The summed E-state index contributed by atoms with van der Waals surface area (Å²) >= 11 is 1.68. The summed E-state index contributed by atoms with van der Waals surface area (Å²) in [6, 6.07) is 0. The van der Waals surface area contributed by atoms with Crippen LogP contribution >= 0.6 is 11.3 Å². The molecule has 1 unspecified atom stereocenters. The summed E-state index contributed by atoms with van der Waals surface area (Å²) in [6.45, 7) is 2.54. The lowest BCUT2D eigenvalue weighted by atomic mass is 10.2. The zero-order valence-corrected chi connectivity index (χ0v) is 10.4. The summed E-state index contributed by atoms with van der Waals surface area (Å²) in [5.74, 6) is 0. The van der Waals surface area contributed by atoms with Gasteiger partial charge in [0.2, 0.25) is 0 Å². The predicted molar refractivity (Wildman–Crippen MR) is 63.5 cm³/mol. The first-order valence-corrected chi connectivity index (χ1v) is 6.53. The van der Waals surface area contributed by atoms with Crippen LogP contribution in [-0.4, -0.2) is 41.8 Å². The van der Waals surface area contributed by atoms with Gasteiger partial charge >= 0.3 is 0 Å². The van der Waals surface area contributed by atoms with Gasteiger partial charge in [0, 0.05) is 25.1 Å². The Morgan fingerprint density at radius 3 is 3.25 bits per heavy atom. The third-order valence-electron chi connectivity index (χ3n) is 2.69.